The molecule has 1 rings (SSSR count). The monoisotopic (exact) mass is 168 g/mol. The fraction of sp³-hybridized carbons (Fsp3) is 0.700. The lowest BCUT2D eigenvalue weighted by Crippen LogP contribution is -2.01. The fourth-order valence-electron chi connectivity index (χ4n) is 0.875. The second-order valence-corrected chi connectivity index (χ2v) is 3.04. The van der Waals surface area contributed by atoms with Gasteiger partial charge >= 0.3 is 0 Å². The predicted octanol–water partition coefficient (Wildman–Crippen LogP) is 3.20. The van der Waals surface area contributed by atoms with Gasteiger partial charge in [-0.2, -0.15) is 0 Å². The van der Waals surface area contributed by atoms with E-state index in [4.69, 9.17) is 0 Å². The fourth-order valence-corrected chi connectivity index (χ4v) is 0.875. The smallest absolute Gasteiger partial charge is 0.0921 e. The highest BCUT2D eigenvalue weighted by molar-refractivity contribution is 5.02. The van der Waals surface area contributed by atoms with E-state index in [1.54, 1.807) is 6.33 Å². The first kappa shape index (κ1) is 11.2. The van der Waals surface area contributed by atoms with Gasteiger partial charge in [-0.1, -0.05) is 34.6 Å². The van der Waals surface area contributed by atoms with Crippen molar-refractivity contribution in [2.75, 3.05) is 0 Å². The summed E-state index contributed by atoms with van der Waals surface area (Å²) in [6.45, 7) is 10.6. The molecule has 0 aliphatic heterocycles. The maximum Gasteiger partial charge on any atom is 0.0921 e. The molecule has 70 valence electrons. The van der Waals surface area contributed by atoms with Gasteiger partial charge in [0.2, 0.25) is 0 Å². The van der Waals surface area contributed by atoms with Gasteiger partial charge in [0.25, 0.3) is 0 Å². The summed E-state index contributed by atoms with van der Waals surface area (Å²) in [6, 6.07) is 0. The van der Waals surface area contributed by atoms with Gasteiger partial charge in [0, 0.05) is 17.8 Å². The van der Waals surface area contributed by atoms with Crippen LogP contribution in [0, 0.1) is 5.92 Å². The highest BCUT2D eigenvalue weighted by Gasteiger charge is 2.09. The SMILES string of the molecule is CC.CC(C)C(C)c1cnc[nH]1. The topological polar surface area (TPSA) is 28.7 Å². The molecule has 0 fully saturated rings. The predicted molar refractivity (Wildman–Crippen MR) is 53.2 cm³/mol. The highest BCUT2D eigenvalue weighted by Crippen LogP contribution is 2.20. The van der Waals surface area contributed by atoms with Crippen LogP contribution in [0.5, 0.6) is 0 Å². The molecule has 12 heavy (non-hydrogen) atoms. The summed E-state index contributed by atoms with van der Waals surface area (Å²) in [5.74, 6) is 1.27. The summed E-state index contributed by atoms with van der Waals surface area (Å²) in [5, 5.41) is 0. The summed E-state index contributed by atoms with van der Waals surface area (Å²) < 4.78 is 0. The third-order valence-corrected chi connectivity index (χ3v) is 2.01. The Bertz CT molecular complexity index is 178. The summed E-state index contributed by atoms with van der Waals surface area (Å²) >= 11 is 0. The first-order valence-corrected chi connectivity index (χ1v) is 4.70. The summed E-state index contributed by atoms with van der Waals surface area (Å²) in [6.07, 6.45) is 3.62. The van der Waals surface area contributed by atoms with Crippen molar-refractivity contribution in [2.45, 2.75) is 40.5 Å². The van der Waals surface area contributed by atoms with Crippen LogP contribution in [-0.2, 0) is 0 Å². The van der Waals surface area contributed by atoms with Crippen molar-refractivity contribution in [2.24, 2.45) is 5.92 Å². The lowest BCUT2D eigenvalue weighted by atomic mass is 9.95. The molecule has 1 aromatic heterocycles. The molecule has 2 nitrogen and oxygen atoms in total. The van der Waals surface area contributed by atoms with Gasteiger partial charge in [0.1, 0.15) is 0 Å². The van der Waals surface area contributed by atoms with Crippen molar-refractivity contribution in [1.29, 1.82) is 0 Å². The average molecular weight is 168 g/mol. The van der Waals surface area contributed by atoms with Crippen LogP contribution in [0.15, 0.2) is 12.5 Å². The van der Waals surface area contributed by atoms with Crippen LogP contribution < -0.4 is 0 Å². The molecule has 1 aromatic rings. The lowest BCUT2D eigenvalue weighted by Gasteiger charge is -2.12. The van der Waals surface area contributed by atoms with E-state index in [1.165, 1.54) is 5.69 Å². The van der Waals surface area contributed by atoms with Gasteiger partial charge in [-0.3, -0.25) is 0 Å². The largest absolute Gasteiger partial charge is 0.348 e. The Morgan fingerprint density at radius 2 is 1.83 bits per heavy atom. The second kappa shape index (κ2) is 5.81. The zero-order valence-electron chi connectivity index (χ0n) is 8.76. The molecule has 0 spiro atoms. The number of hydrogen-bond acceptors (Lipinski definition) is 1. The number of aromatic amines is 1. The highest BCUT2D eigenvalue weighted by atomic mass is 14.9. The van der Waals surface area contributed by atoms with Crippen molar-refractivity contribution in [1.82, 2.24) is 9.97 Å². The van der Waals surface area contributed by atoms with Crippen LogP contribution in [0.1, 0.15) is 46.2 Å². The number of nitrogens with zero attached hydrogens (tertiary/aromatic N) is 1. The molecule has 1 unspecified atom stereocenters. The van der Waals surface area contributed by atoms with E-state index in [1.807, 2.05) is 20.0 Å². The minimum Gasteiger partial charge on any atom is -0.348 e. The van der Waals surface area contributed by atoms with E-state index in [0.29, 0.717) is 11.8 Å². The normalized spacial score (nSPS) is 12.2. The molecule has 0 bridgehead atoms. The van der Waals surface area contributed by atoms with E-state index in [-0.39, 0.29) is 0 Å². The van der Waals surface area contributed by atoms with Crippen molar-refractivity contribution < 1.29 is 0 Å². The van der Waals surface area contributed by atoms with Gasteiger partial charge in [-0.05, 0) is 5.92 Å². The number of rotatable bonds is 2. The molecule has 0 saturated heterocycles. The molecular weight excluding hydrogens is 148 g/mol. The molecular formula is C10H20N2. The second-order valence-electron chi connectivity index (χ2n) is 3.04. The van der Waals surface area contributed by atoms with E-state index >= 15 is 0 Å². The molecule has 0 amide bonds. The van der Waals surface area contributed by atoms with Gasteiger partial charge < -0.3 is 4.98 Å². The number of H-pyrrole nitrogens is 1. The summed E-state index contributed by atoms with van der Waals surface area (Å²) in [7, 11) is 0. The Balaban J connectivity index is 0.000000561. The molecule has 1 atom stereocenters. The van der Waals surface area contributed by atoms with Crippen LogP contribution in [0.2, 0.25) is 0 Å². The lowest BCUT2D eigenvalue weighted by molar-refractivity contribution is 0.525. The van der Waals surface area contributed by atoms with Gasteiger partial charge in [-0.25, -0.2) is 4.98 Å². The van der Waals surface area contributed by atoms with Crippen LogP contribution >= 0.6 is 0 Å². The standard InChI is InChI=1S/C8H14N2.C2H6/c1-6(2)7(3)8-4-9-5-10-8;1-2/h4-7H,1-3H3,(H,9,10);1-2H3. The first-order valence-electron chi connectivity index (χ1n) is 4.70. The van der Waals surface area contributed by atoms with Crippen LogP contribution in [0.3, 0.4) is 0 Å². The van der Waals surface area contributed by atoms with Gasteiger partial charge in [0.15, 0.2) is 0 Å². The van der Waals surface area contributed by atoms with Gasteiger partial charge in [-0.15, -0.1) is 0 Å². The summed E-state index contributed by atoms with van der Waals surface area (Å²) in [4.78, 5) is 7.08. The maximum atomic E-state index is 3.97. The Hall–Kier alpha value is -0.790. The minimum atomic E-state index is 0.586. The first-order chi connectivity index (χ1) is 5.72. The zero-order chi connectivity index (χ0) is 9.56. The van der Waals surface area contributed by atoms with Crippen LogP contribution in [0.25, 0.3) is 0 Å². The molecule has 0 aliphatic rings. The van der Waals surface area contributed by atoms with E-state index in [9.17, 15) is 0 Å². The number of nitrogens with one attached hydrogen (secondary N) is 1. The molecule has 2 heteroatoms. The van der Waals surface area contributed by atoms with Crippen LogP contribution in [-0.4, -0.2) is 9.97 Å². The Morgan fingerprint density at radius 3 is 2.17 bits per heavy atom. The third kappa shape index (κ3) is 3.07. The Labute approximate surface area is 75.4 Å². The third-order valence-electron chi connectivity index (χ3n) is 2.01. The molecule has 0 radical (unpaired) electrons. The summed E-state index contributed by atoms with van der Waals surface area (Å²) in [5.41, 5.74) is 1.23. The number of aromatic nitrogens is 2. The number of hydrogen-bond donors (Lipinski definition) is 1. The van der Waals surface area contributed by atoms with Crippen molar-refractivity contribution in [3.63, 3.8) is 0 Å². The molecule has 1 heterocycles. The van der Waals surface area contributed by atoms with Crippen molar-refractivity contribution in [3.8, 4) is 0 Å². The molecule has 0 saturated carbocycles. The van der Waals surface area contributed by atoms with E-state index in [2.05, 4.69) is 30.7 Å². The van der Waals surface area contributed by atoms with E-state index in [0.717, 1.165) is 0 Å². The molecule has 1 N–H and O–H groups in total. The van der Waals surface area contributed by atoms with E-state index < -0.39 is 0 Å². The quantitative estimate of drug-likeness (QED) is 0.721. The number of imidazole rings is 1. The van der Waals surface area contributed by atoms with Crippen LogP contribution in [0.4, 0.5) is 0 Å². The van der Waals surface area contributed by atoms with Crippen molar-refractivity contribution in [3.05, 3.63) is 18.2 Å². The van der Waals surface area contributed by atoms with Crippen molar-refractivity contribution >= 4 is 0 Å². The maximum absolute atomic E-state index is 3.97. The average Bonchev–Trinajstić information content (AvgIpc) is 2.58. The Morgan fingerprint density at radius 1 is 1.25 bits per heavy atom. The molecule has 0 aliphatic carbocycles. The van der Waals surface area contributed by atoms with Gasteiger partial charge in [0.05, 0.1) is 6.33 Å². The minimum absolute atomic E-state index is 0.586. The molecule has 0 aromatic carbocycles. The Kier molecular flexibility index (Phi) is 5.43. The zero-order valence-corrected chi connectivity index (χ0v) is 8.76.